The lowest BCUT2D eigenvalue weighted by Gasteiger charge is -2.20. The van der Waals surface area contributed by atoms with Gasteiger partial charge in [0.25, 0.3) is 0 Å². The van der Waals surface area contributed by atoms with Crippen LogP contribution in [0.2, 0.25) is 0 Å². The van der Waals surface area contributed by atoms with E-state index in [1.807, 2.05) is 37.3 Å². The maximum atomic E-state index is 11.5. The zero-order chi connectivity index (χ0) is 14.1. The Balaban J connectivity index is 2.49. The number of unbranched alkanes of at least 4 members (excludes halogenated alkanes) is 1. The van der Waals surface area contributed by atoms with Gasteiger partial charge in [-0.15, -0.1) is 0 Å². The summed E-state index contributed by atoms with van der Waals surface area (Å²) >= 11 is 0. The number of nitrogens with one attached hydrogen (secondary N) is 2. The van der Waals surface area contributed by atoms with E-state index in [0.29, 0.717) is 6.54 Å². The second kappa shape index (κ2) is 8.13. The Kier molecular flexibility index (Phi) is 6.43. The van der Waals surface area contributed by atoms with E-state index >= 15 is 0 Å². The maximum Gasteiger partial charge on any atom is 0.315 e. The molecular formula is C14H19N2O3-. The largest absolute Gasteiger partial charge is 0.548 e. The van der Waals surface area contributed by atoms with Gasteiger partial charge < -0.3 is 20.5 Å². The summed E-state index contributed by atoms with van der Waals surface area (Å²) in [6.45, 7) is 2.55. The summed E-state index contributed by atoms with van der Waals surface area (Å²) in [6, 6.07) is 7.62. The minimum absolute atomic E-state index is 0.213. The van der Waals surface area contributed by atoms with Crippen molar-refractivity contribution in [1.29, 1.82) is 0 Å². The van der Waals surface area contributed by atoms with Crippen molar-refractivity contribution in [2.45, 2.75) is 32.2 Å². The predicted molar refractivity (Wildman–Crippen MR) is 70.4 cm³/mol. The molecule has 0 bridgehead atoms. The van der Waals surface area contributed by atoms with Crippen molar-refractivity contribution >= 4 is 12.0 Å². The van der Waals surface area contributed by atoms with Crippen molar-refractivity contribution in [2.75, 3.05) is 6.54 Å². The van der Waals surface area contributed by atoms with Gasteiger partial charge in [0.2, 0.25) is 0 Å². The summed E-state index contributed by atoms with van der Waals surface area (Å²) in [6.07, 6.45) is 2.04. The molecule has 0 heterocycles. The van der Waals surface area contributed by atoms with Gasteiger partial charge in [0.05, 0.1) is 12.0 Å². The molecule has 5 nitrogen and oxygen atoms in total. The summed E-state index contributed by atoms with van der Waals surface area (Å²) in [7, 11) is 0. The van der Waals surface area contributed by atoms with Gasteiger partial charge in [-0.2, -0.15) is 0 Å². The van der Waals surface area contributed by atoms with Gasteiger partial charge in [-0.1, -0.05) is 43.7 Å². The SMILES string of the molecule is CCCCNC(=O)N[C@@H](Cc1ccccc1)C(=O)[O-]. The van der Waals surface area contributed by atoms with Gasteiger partial charge in [-0.3, -0.25) is 0 Å². The van der Waals surface area contributed by atoms with E-state index in [-0.39, 0.29) is 6.42 Å². The highest BCUT2D eigenvalue weighted by molar-refractivity contribution is 5.81. The van der Waals surface area contributed by atoms with Gasteiger partial charge in [0, 0.05) is 6.54 Å². The third-order valence-electron chi connectivity index (χ3n) is 2.69. The second-order valence-electron chi connectivity index (χ2n) is 4.32. The molecule has 0 radical (unpaired) electrons. The molecule has 104 valence electrons. The van der Waals surface area contributed by atoms with Crippen molar-refractivity contribution < 1.29 is 14.7 Å². The van der Waals surface area contributed by atoms with Crippen molar-refractivity contribution in [2.24, 2.45) is 0 Å². The van der Waals surface area contributed by atoms with Crippen molar-refractivity contribution in [3.63, 3.8) is 0 Å². The first-order valence-corrected chi connectivity index (χ1v) is 6.42. The predicted octanol–water partition coefficient (Wildman–Crippen LogP) is 0.447. The smallest absolute Gasteiger partial charge is 0.315 e. The van der Waals surface area contributed by atoms with Crippen LogP contribution in [-0.4, -0.2) is 24.6 Å². The first-order chi connectivity index (χ1) is 9.13. The molecule has 0 aromatic heterocycles. The minimum atomic E-state index is -1.28. The number of carbonyl (C=O) groups excluding carboxylic acids is 2. The minimum Gasteiger partial charge on any atom is -0.548 e. The van der Waals surface area contributed by atoms with Gasteiger partial charge in [0.15, 0.2) is 0 Å². The van der Waals surface area contributed by atoms with Gasteiger partial charge in [-0.25, -0.2) is 4.79 Å². The second-order valence-corrected chi connectivity index (χ2v) is 4.32. The number of hydrogen-bond acceptors (Lipinski definition) is 3. The van der Waals surface area contributed by atoms with E-state index < -0.39 is 18.0 Å². The van der Waals surface area contributed by atoms with Crippen molar-refractivity contribution in [3.05, 3.63) is 35.9 Å². The highest BCUT2D eigenvalue weighted by Gasteiger charge is 2.13. The first kappa shape index (κ1) is 15.0. The number of hydrogen-bond donors (Lipinski definition) is 2. The third kappa shape index (κ3) is 5.90. The molecule has 1 atom stereocenters. The Morgan fingerprint density at radius 2 is 1.95 bits per heavy atom. The molecular weight excluding hydrogens is 244 g/mol. The van der Waals surface area contributed by atoms with Crippen LogP contribution in [0.15, 0.2) is 30.3 Å². The van der Waals surface area contributed by atoms with Crippen LogP contribution >= 0.6 is 0 Å². The number of carboxylic acids is 1. The Hall–Kier alpha value is -2.04. The van der Waals surface area contributed by atoms with Crippen LogP contribution in [0.1, 0.15) is 25.3 Å². The standard InChI is InChI=1S/C14H20N2O3/c1-2-3-9-15-14(19)16-12(13(17)18)10-11-7-5-4-6-8-11/h4-8,12H,2-3,9-10H2,1H3,(H,17,18)(H2,15,16,19)/p-1/t12-/m0/s1. The number of aliphatic carboxylic acids is 1. The van der Waals surface area contributed by atoms with Crippen LogP contribution < -0.4 is 15.7 Å². The number of rotatable bonds is 7. The van der Waals surface area contributed by atoms with E-state index in [2.05, 4.69) is 10.6 Å². The quantitative estimate of drug-likeness (QED) is 0.701. The molecule has 0 aliphatic carbocycles. The number of amides is 2. The Morgan fingerprint density at radius 1 is 1.26 bits per heavy atom. The molecule has 0 aliphatic rings. The zero-order valence-electron chi connectivity index (χ0n) is 11.0. The molecule has 2 N–H and O–H groups in total. The van der Waals surface area contributed by atoms with Crippen LogP contribution in [0.3, 0.4) is 0 Å². The molecule has 0 spiro atoms. The zero-order valence-corrected chi connectivity index (χ0v) is 11.0. The third-order valence-corrected chi connectivity index (χ3v) is 2.69. The molecule has 0 saturated carbocycles. The first-order valence-electron chi connectivity index (χ1n) is 6.42. The van der Waals surface area contributed by atoms with E-state index in [1.165, 1.54) is 0 Å². The number of carbonyl (C=O) groups is 2. The van der Waals surface area contributed by atoms with Crippen LogP contribution in [0.4, 0.5) is 4.79 Å². The molecule has 0 unspecified atom stereocenters. The topological polar surface area (TPSA) is 81.3 Å². The Bertz CT molecular complexity index is 406. The summed E-state index contributed by atoms with van der Waals surface area (Å²) in [5.41, 5.74) is 0.838. The Morgan fingerprint density at radius 3 is 2.53 bits per heavy atom. The van der Waals surface area contributed by atoms with Crippen molar-refractivity contribution in [1.82, 2.24) is 10.6 Å². The normalized spacial score (nSPS) is 11.6. The number of urea groups is 1. The molecule has 5 heteroatoms. The van der Waals surface area contributed by atoms with Crippen LogP contribution in [-0.2, 0) is 11.2 Å². The van der Waals surface area contributed by atoms with Crippen molar-refractivity contribution in [3.8, 4) is 0 Å². The summed E-state index contributed by atoms with van der Waals surface area (Å²) < 4.78 is 0. The summed E-state index contributed by atoms with van der Waals surface area (Å²) in [5, 5.41) is 16.0. The number of carboxylic acid groups (broad SMARTS) is 1. The van der Waals surface area contributed by atoms with Crippen LogP contribution in [0.5, 0.6) is 0 Å². The molecule has 1 aromatic rings. The molecule has 0 saturated heterocycles. The van der Waals surface area contributed by atoms with Gasteiger partial charge in [-0.05, 0) is 18.4 Å². The van der Waals surface area contributed by atoms with E-state index in [4.69, 9.17) is 0 Å². The number of benzene rings is 1. The highest BCUT2D eigenvalue weighted by atomic mass is 16.4. The molecule has 1 rings (SSSR count). The highest BCUT2D eigenvalue weighted by Crippen LogP contribution is 2.02. The molecule has 0 fully saturated rings. The fourth-order valence-corrected chi connectivity index (χ4v) is 1.63. The molecule has 2 amide bonds. The van der Waals surface area contributed by atoms with Crippen LogP contribution in [0.25, 0.3) is 0 Å². The molecule has 1 aromatic carbocycles. The maximum absolute atomic E-state index is 11.5. The van der Waals surface area contributed by atoms with Crippen LogP contribution in [0, 0.1) is 0 Å². The monoisotopic (exact) mass is 263 g/mol. The molecule has 19 heavy (non-hydrogen) atoms. The lowest BCUT2D eigenvalue weighted by molar-refractivity contribution is -0.308. The lowest BCUT2D eigenvalue weighted by atomic mass is 10.1. The fraction of sp³-hybridized carbons (Fsp3) is 0.429. The van der Waals surface area contributed by atoms with E-state index in [9.17, 15) is 14.7 Å². The van der Waals surface area contributed by atoms with Gasteiger partial charge in [0.1, 0.15) is 0 Å². The average molecular weight is 263 g/mol. The van der Waals surface area contributed by atoms with Gasteiger partial charge >= 0.3 is 6.03 Å². The fourth-order valence-electron chi connectivity index (χ4n) is 1.63. The summed E-state index contributed by atoms with van der Waals surface area (Å²) in [4.78, 5) is 22.5. The van der Waals surface area contributed by atoms with E-state index in [1.54, 1.807) is 0 Å². The molecule has 0 aliphatic heterocycles. The Labute approximate surface area is 113 Å². The lowest BCUT2D eigenvalue weighted by Crippen LogP contribution is -2.52. The van der Waals surface area contributed by atoms with E-state index in [0.717, 1.165) is 18.4 Å². The average Bonchev–Trinajstić information content (AvgIpc) is 2.39. The summed E-state index contributed by atoms with van der Waals surface area (Å²) in [5.74, 6) is -1.28.